The molecular weight excluding hydrogens is 173 g/mol. The molecule has 0 saturated carbocycles. The van der Waals surface area contributed by atoms with E-state index in [2.05, 4.69) is 19.2 Å². The van der Waals surface area contributed by atoms with Gasteiger partial charge in [0.15, 0.2) is 9.03 Å². The molecule has 1 atom stereocenters. The van der Waals surface area contributed by atoms with Crippen molar-refractivity contribution in [3.05, 3.63) is 0 Å². The van der Waals surface area contributed by atoms with Crippen LogP contribution in [0.2, 0.25) is 0 Å². The Hall–Kier alpha value is 0.310. The average Bonchev–Trinajstić information content (AvgIpc) is 2.08. The SMILES string of the molecule is CCC.OPOC1CCNCC1. The Morgan fingerprint density at radius 2 is 1.92 bits per heavy atom. The maximum absolute atomic E-state index is 8.40. The summed E-state index contributed by atoms with van der Waals surface area (Å²) in [6.45, 7) is 6.30. The van der Waals surface area contributed by atoms with E-state index in [9.17, 15) is 0 Å². The van der Waals surface area contributed by atoms with Gasteiger partial charge in [-0.1, -0.05) is 20.3 Å². The fourth-order valence-corrected chi connectivity index (χ4v) is 1.37. The van der Waals surface area contributed by atoms with E-state index in [1.54, 1.807) is 0 Å². The maximum Gasteiger partial charge on any atom is 0.152 e. The van der Waals surface area contributed by atoms with E-state index < -0.39 is 0 Å². The van der Waals surface area contributed by atoms with E-state index in [0.29, 0.717) is 6.10 Å². The van der Waals surface area contributed by atoms with Gasteiger partial charge in [-0.3, -0.25) is 0 Å². The van der Waals surface area contributed by atoms with Gasteiger partial charge in [-0.25, -0.2) is 0 Å². The van der Waals surface area contributed by atoms with Crippen LogP contribution < -0.4 is 5.32 Å². The van der Waals surface area contributed by atoms with Crippen molar-refractivity contribution >= 4 is 9.03 Å². The first kappa shape index (κ1) is 12.3. The molecule has 1 heterocycles. The lowest BCUT2D eigenvalue weighted by molar-refractivity contribution is 0.172. The molecule has 12 heavy (non-hydrogen) atoms. The Balaban J connectivity index is 0.000000354. The quantitative estimate of drug-likeness (QED) is 0.655. The number of hydrogen-bond donors (Lipinski definition) is 2. The number of piperidine rings is 1. The molecule has 1 aliphatic rings. The lowest BCUT2D eigenvalue weighted by atomic mass is 10.1. The fourth-order valence-electron chi connectivity index (χ4n) is 0.988. The van der Waals surface area contributed by atoms with Crippen LogP contribution in [-0.4, -0.2) is 24.1 Å². The van der Waals surface area contributed by atoms with Gasteiger partial charge in [0.2, 0.25) is 0 Å². The summed E-state index contributed by atoms with van der Waals surface area (Å²) in [6.07, 6.45) is 3.62. The standard InChI is InChI=1S/C5H12NO2P.C3H8/c7-9-8-5-1-3-6-4-2-5;1-3-2/h5-7,9H,1-4H2;3H2,1-2H3. The van der Waals surface area contributed by atoms with E-state index in [-0.39, 0.29) is 9.03 Å². The molecule has 0 radical (unpaired) electrons. The normalized spacial score (nSPS) is 19.2. The van der Waals surface area contributed by atoms with Crippen molar-refractivity contribution in [3.63, 3.8) is 0 Å². The highest BCUT2D eigenvalue weighted by molar-refractivity contribution is 7.25. The third-order valence-corrected chi connectivity index (χ3v) is 1.94. The minimum atomic E-state index is -0.339. The van der Waals surface area contributed by atoms with Gasteiger partial charge in [0.1, 0.15) is 0 Å². The zero-order valence-corrected chi connectivity index (χ0v) is 8.97. The lowest BCUT2D eigenvalue weighted by Crippen LogP contribution is -2.31. The van der Waals surface area contributed by atoms with Gasteiger partial charge in [0.05, 0.1) is 6.10 Å². The molecule has 0 aromatic heterocycles. The van der Waals surface area contributed by atoms with Gasteiger partial charge < -0.3 is 14.7 Å². The second-order valence-corrected chi connectivity index (χ2v) is 3.28. The summed E-state index contributed by atoms with van der Waals surface area (Å²) in [4.78, 5) is 8.40. The molecule has 3 nitrogen and oxygen atoms in total. The average molecular weight is 193 g/mol. The third-order valence-electron chi connectivity index (χ3n) is 1.51. The summed E-state index contributed by atoms with van der Waals surface area (Å²) in [7, 11) is -0.339. The molecule has 1 unspecified atom stereocenters. The van der Waals surface area contributed by atoms with E-state index in [4.69, 9.17) is 9.42 Å². The van der Waals surface area contributed by atoms with Gasteiger partial charge in [-0.2, -0.15) is 0 Å². The Labute approximate surface area is 76.8 Å². The minimum Gasteiger partial charge on any atom is -0.352 e. The van der Waals surface area contributed by atoms with Crippen molar-refractivity contribution in [2.24, 2.45) is 0 Å². The topological polar surface area (TPSA) is 41.5 Å². The van der Waals surface area contributed by atoms with Crippen molar-refractivity contribution in [1.29, 1.82) is 0 Å². The Kier molecular flexibility index (Phi) is 9.64. The monoisotopic (exact) mass is 193 g/mol. The van der Waals surface area contributed by atoms with E-state index >= 15 is 0 Å². The highest BCUT2D eigenvalue weighted by Crippen LogP contribution is 2.15. The van der Waals surface area contributed by atoms with Gasteiger partial charge in [-0.15, -0.1) is 0 Å². The lowest BCUT2D eigenvalue weighted by Gasteiger charge is -2.20. The summed E-state index contributed by atoms with van der Waals surface area (Å²) < 4.78 is 5.03. The first-order valence-corrected chi connectivity index (χ1v) is 5.46. The molecule has 0 aliphatic carbocycles. The number of nitrogens with one attached hydrogen (secondary N) is 1. The maximum atomic E-state index is 8.40. The predicted molar refractivity (Wildman–Crippen MR) is 53.5 cm³/mol. The molecular formula is C8H20NO2P. The zero-order valence-electron chi connectivity index (χ0n) is 7.97. The summed E-state index contributed by atoms with van der Waals surface area (Å²) in [5.41, 5.74) is 0. The molecule has 74 valence electrons. The molecule has 1 rings (SSSR count). The zero-order chi connectivity index (χ0) is 9.23. The molecule has 1 fully saturated rings. The smallest absolute Gasteiger partial charge is 0.152 e. The Morgan fingerprint density at radius 3 is 2.33 bits per heavy atom. The van der Waals surface area contributed by atoms with Gasteiger partial charge in [-0.05, 0) is 25.9 Å². The first-order valence-electron chi connectivity index (χ1n) is 4.60. The van der Waals surface area contributed by atoms with Crippen LogP contribution in [0.25, 0.3) is 0 Å². The molecule has 1 aliphatic heterocycles. The largest absolute Gasteiger partial charge is 0.352 e. The van der Waals surface area contributed by atoms with E-state index in [1.165, 1.54) is 6.42 Å². The molecule has 0 amide bonds. The Morgan fingerprint density at radius 1 is 1.42 bits per heavy atom. The summed E-state index contributed by atoms with van der Waals surface area (Å²) in [6, 6.07) is 0. The third kappa shape index (κ3) is 6.99. The fraction of sp³-hybridized carbons (Fsp3) is 1.00. The molecule has 0 bridgehead atoms. The molecule has 0 spiro atoms. The van der Waals surface area contributed by atoms with Crippen LogP contribution in [0.3, 0.4) is 0 Å². The van der Waals surface area contributed by atoms with E-state index in [0.717, 1.165) is 25.9 Å². The molecule has 4 heteroatoms. The van der Waals surface area contributed by atoms with Crippen molar-refractivity contribution in [1.82, 2.24) is 5.32 Å². The summed E-state index contributed by atoms with van der Waals surface area (Å²) in [5, 5.41) is 3.21. The highest BCUT2D eigenvalue weighted by Gasteiger charge is 2.11. The van der Waals surface area contributed by atoms with Crippen LogP contribution in [0.4, 0.5) is 0 Å². The van der Waals surface area contributed by atoms with Crippen molar-refractivity contribution in [2.75, 3.05) is 13.1 Å². The van der Waals surface area contributed by atoms with Crippen LogP contribution in [-0.2, 0) is 4.52 Å². The van der Waals surface area contributed by atoms with Gasteiger partial charge in [0.25, 0.3) is 0 Å². The van der Waals surface area contributed by atoms with Gasteiger partial charge in [0, 0.05) is 0 Å². The minimum absolute atomic E-state index is 0.301. The van der Waals surface area contributed by atoms with Crippen molar-refractivity contribution < 1.29 is 9.42 Å². The van der Waals surface area contributed by atoms with E-state index in [1.807, 2.05) is 0 Å². The van der Waals surface area contributed by atoms with Crippen molar-refractivity contribution in [3.8, 4) is 0 Å². The second-order valence-electron chi connectivity index (χ2n) is 2.87. The molecule has 0 aromatic carbocycles. The number of hydrogen-bond acceptors (Lipinski definition) is 3. The van der Waals surface area contributed by atoms with Gasteiger partial charge >= 0.3 is 0 Å². The van der Waals surface area contributed by atoms with Crippen LogP contribution in [0.1, 0.15) is 33.1 Å². The number of rotatable bonds is 2. The predicted octanol–water partition coefficient (Wildman–Crippen LogP) is 1.67. The van der Waals surface area contributed by atoms with Crippen LogP contribution >= 0.6 is 9.03 Å². The summed E-state index contributed by atoms with van der Waals surface area (Å²) >= 11 is 0. The first-order chi connectivity index (χ1) is 5.85. The van der Waals surface area contributed by atoms with Crippen LogP contribution in [0, 0.1) is 0 Å². The highest BCUT2D eigenvalue weighted by atomic mass is 31.1. The van der Waals surface area contributed by atoms with Crippen molar-refractivity contribution in [2.45, 2.75) is 39.2 Å². The second kappa shape index (κ2) is 9.40. The molecule has 2 N–H and O–H groups in total. The van der Waals surface area contributed by atoms with Crippen LogP contribution in [0.15, 0.2) is 0 Å². The molecule has 0 aromatic rings. The Bertz CT molecular complexity index is 84.4. The van der Waals surface area contributed by atoms with Crippen LogP contribution in [0.5, 0.6) is 0 Å². The molecule has 1 saturated heterocycles. The summed E-state index contributed by atoms with van der Waals surface area (Å²) in [5.74, 6) is 0.